The summed E-state index contributed by atoms with van der Waals surface area (Å²) in [4.78, 5) is 39.3. The van der Waals surface area contributed by atoms with Crippen LogP contribution in [0.1, 0.15) is 27.7 Å². The van der Waals surface area contributed by atoms with E-state index in [9.17, 15) is 8.78 Å². The van der Waals surface area contributed by atoms with Gasteiger partial charge in [0, 0.05) is 79.1 Å². The number of anilines is 8. The number of aromatic nitrogens is 8. The molecule has 0 saturated carbocycles. The van der Waals surface area contributed by atoms with Crippen LogP contribution in [0.25, 0.3) is 33.1 Å². The summed E-state index contributed by atoms with van der Waals surface area (Å²) >= 11 is 3.47. The van der Waals surface area contributed by atoms with Crippen LogP contribution in [0.4, 0.5) is 55.3 Å². The third kappa shape index (κ3) is 11.9. The van der Waals surface area contributed by atoms with Crippen molar-refractivity contribution in [1.29, 1.82) is 0 Å². The Labute approximate surface area is 423 Å². The third-order valence-electron chi connectivity index (χ3n) is 12.3. The summed E-state index contributed by atoms with van der Waals surface area (Å²) in [5, 5.41) is 8.68. The van der Waals surface area contributed by atoms with Crippen molar-refractivity contribution < 1.29 is 27.6 Å². The number of rotatable bonds is 8. The molecule has 18 nitrogen and oxygen atoms in total. The monoisotopic (exact) mass is 1040 g/mol. The maximum absolute atomic E-state index is 14.6. The van der Waals surface area contributed by atoms with Crippen molar-refractivity contribution in [3.8, 4) is 11.3 Å². The van der Waals surface area contributed by atoms with Gasteiger partial charge in [-0.1, -0.05) is 36.4 Å². The Morgan fingerprint density at radius 2 is 1.07 bits per heavy atom. The molecule has 0 aliphatic carbocycles. The van der Waals surface area contributed by atoms with E-state index in [0.29, 0.717) is 62.9 Å². The molecule has 8 aromatic rings. The summed E-state index contributed by atoms with van der Waals surface area (Å²) in [6, 6.07) is 25.8. The molecule has 11 rings (SSSR count). The first kappa shape index (κ1) is 49.7. The number of nitrogens with zero attached hydrogens (tertiary/aromatic N) is 10. The highest BCUT2D eigenvalue weighted by molar-refractivity contribution is 9.10. The number of nitrogens with two attached hydrogens (primary N) is 2. The van der Waals surface area contributed by atoms with Gasteiger partial charge in [0.2, 0.25) is 11.9 Å². The predicted octanol–water partition coefficient (Wildman–Crippen LogP) is 7.86. The topological polar surface area (TPSA) is 223 Å². The van der Waals surface area contributed by atoms with Crippen LogP contribution in [0, 0.1) is 11.6 Å². The van der Waals surface area contributed by atoms with E-state index < -0.39 is 30.0 Å². The largest absolute Gasteiger partial charge is 0.499 e. The van der Waals surface area contributed by atoms with Gasteiger partial charge in [0.1, 0.15) is 39.5 Å². The highest BCUT2D eigenvalue weighted by Crippen LogP contribution is 2.37. The smallest absolute Gasteiger partial charge is 0.399 e. The summed E-state index contributed by atoms with van der Waals surface area (Å²) in [5.74, 6) is 1.76. The van der Waals surface area contributed by atoms with Gasteiger partial charge in [-0.25, -0.2) is 28.7 Å². The molecule has 3 aliphatic heterocycles. The van der Waals surface area contributed by atoms with E-state index in [4.69, 9.17) is 30.2 Å². The van der Waals surface area contributed by atoms with E-state index in [0.717, 1.165) is 56.7 Å². The van der Waals surface area contributed by atoms with E-state index in [1.807, 2.05) is 99.5 Å². The molecule has 9 heterocycles. The van der Waals surface area contributed by atoms with Gasteiger partial charge in [-0.3, -0.25) is 9.97 Å². The fourth-order valence-corrected chi connectivity index (χ4v) is 8.10. The first-order chi connectivity index (χ1) is 34.7. The Morgan fingerprint density at radius 3 is 1.60 bits per heavy atom. The highest BCUT2D eigenvalue weighted by atomic mass is 79.9. The molecule has 0 unspecified atom stereocenters. The molecule has 22 heteroatoms. The molecule has 0 radical (unpaired) electrons. The quantitative estimate of drug-likeness (QED) is 0.0840. The lowest BCUT2D eigenvalue weighted by molar-refractivity contribution is 0.00578. The standard InChI is InChI=1S/C22H20FN7O.C17H16BrN5O.C11H16BFN2O2/c23-17-10-20(24)26-13-16(17)19-11-21(29-22(28-19)30-5-7-31-8-6-30)27-15-9-14-3-1-2-4-18(14)25-12-15;18-15-10-16(22-17(21-15)23-5-7-24-8-6-23)20-13-9-12-3-1-2-4-14(12)19-11-13;1-10(2)11(3,4)17-12(16-10)7-6-15-9(14)5-8(7)13/h1-4,9-13H,5-8H2,(H2,24,26)(H,27,28,29);1-4,9-11H,5-8H2,(H,20,21,22);5-6H,1-4H3,(H2,14,15). The molecule has 0 spiro atoms. The molecular formula is C50H52BBrF2N14O4. The summed E-state index contributed by atoms with van der Waals surface area (Å²) in [6.45, 7) is 13.1. The minimum Gasteiger partial charge on any atom is -0.399 e. The molecule has 72 heavy (non-hydrogen) atoms. The number of fused-ring (bicyclic) bond motifs is 2. The number of nitrogen functional groups attached to an aromatic ring is 2. The van der Waals surface area contributed by atoms with E-state index in [1.165, 1.54) is 24.5 Å². The van der Waals surface area contributed by atoms with Gasteiger partial charge in [0.05, 0.1) is 83.7 Å². The number of para-hydroxylation sites is 2. The molecule has 0 atom stereocenters. The van der Waals surface area contributed by atoms with Crippen molar-refractivity contribution in [1.82, 2.24) is 39.9 Å². The average molecular weight is 1040 g/mol. The van der Waals surface area contributed by atoms with Crippen molar-refractivity contribution in [3.05, 3.63) is 126 Å². The number of ether oxygens (including phenoxy) is 2. The second kappa shape index (κ2) is 21.6. The minimum absolute atomic E-state index is 0.115. The number of nitrogens with one attached hydrogen (secondary N) is 2. The first-order valence-electron chi connectivity index (χ1n) is 23.2. The molecule has 3 fully saturated rings. The Morgan fingerprint density at radius 1 is 0.583 bits per heavy atom. The summed E-state index contributed by atoms with van der Waals surface area (Å²) in [6.07, 6.45) is 6.29. The Balaban J connectivity index is 0.000000139. The van der Waals surface area contributed by atoms with Gasteiger partial charge in [-0.05, 0) is 67.9 Å². The second-order valence-electron chi connectivity index (χ2n) is 17.9. The fourth-order valence-electron chi connectivity index (χ4n) is 7.72. The van der Waals surface area contributed by atoms with Crippen molar-refractivity contribution in [2.45, 2.75) is 38.9 Å². The molecule has 0 bridgehead atoms. The van der Waals surface area contributed by atoms with Crippen molar-refractivity contribution in [3.63, 3.8) is 0 Å². The zero-order chi connectivity index (χ0) is 50.4. The second-order valence-corrected chi connectivity index (χ2v) is 18.7. The van der Waals surface area contributed by atoms with Crippen LogP contribution in [-0.2, 0) is 18.8 Å². The van der Waals surface area contributed by atoms with Crippen LogP contribution in [0.15, 0.2) is 114 Å². The van der Waals surface area contributed by atoms with Crippen molar-refractivity contribution >= 4 is 96.9 Å². The number of halogens is 3. The zero-order valence-corrected chi connectivity index (χ0v) is 41.6. The normalized spacial score (nSPS) is 16.1. The average Bonchev–Trinajstić information content (AvgIpc) is 3.59. The van der Waals surface area contributed by atoms with E-state index >= 15 is 0 Å². The van der Waals surface area contributed by atoms with E-state index in [1.54, 1.807) is 12.3 Å². The molecule has 3 saturated heterocycles. The molecule has 6 N–H and O–H groups in total. The first-order valence-corrected chi connectivity index (χ1v) is 24.0. The molecule has 370 valence electrons. The molecule has 2 aromatic carbocycles. The number of benzene rings is 2. The van der Waals surface area contributed by atoms with Crippen LogP contribution in [-0.4, -0.2) is 111 Å². The minimum atomic E-state index is -0.742. The maximum atomic E-state index is 14.6. The summed E-state index contributed by atoms with van der Waals surface area (Å²) in [5.41, 5.74) is 14.5. The molecule has 6 aromatic heterocycles. The number of pyridine rings is 4. The van der Waals surface area contributed by atoms with Crippen LogP contribution in [0.3, 0.4) is 0 Å². The van der Waals surface area contributed by atoms with Gasteiger partial charge in [0.15, 0.2) is 0 Å². The third-order valence-corrected chi connectivity index (χ3v) is 12.7. The molecule has 0 amide bonds. The van der Waals surface area contributed by atoms with Crippen LogP contribution in [0.2, 0.25) is 0 Å². The summed E-state index contributed by atoms with van der Waals surface area (Å²) in [7, 11) is -0.742. The van der Waals surface area contributed by atoms with Crippen LogP contribution in [0.5, 0.6) is 0 Å². The maximum Gasteiger partial charge on any atom is 0.499 e. The Bertz CT molecular complexity index is 3190. The zero-order valence-electron chi connectivity index (χ0n) is 40.0. The number of morpholine rings is 2. The fraction of sp³-hybridized carbons (Fsp3) is 0.280. The SMILES string of the molecule is Brc1cc(Nc2cnc3ccccc3c2)nc(N2CCOCC2)n1.CC1(C)OB(c2cnc(N)cc2F)OC1(C)C.Nc1cc(F)c(-c2cc(Nc3cnc4ccccc4c3)nc(N3CCOCC3)n2)cn1. The Kier molecular flexibility index (Phi) is 14.9. The van der Waals surface area contributed by atoms with Crippen LogP contribution < -0.4 is 37.4 Å². The molecular weight excluding hydrogens is 989 g/mol. The highest BCUT2D eigenvalue weighted by Gasteiger charge is 2.52. The van der Waals surface area contributed by atoms with Crippen molar-refractivity contribution in [2.75, 3.05) is 84.5 Å². The van der Waals surface area contributed by atoms with E-state index in [-0.39, 0.29) is 22.7 Å². The Hall–Kier alpha value is -7.24. The lowest BCUT2D eigenvalue weighted by Gasteiger charge is -2.32. The van der Waals surface area contributed by atoms with Gasteiger partial charge >= 0.3 is 7.12 Å². The predicted molar refractivity (Wildman–Crippen MR) is 280 cm³/mol. The van der Waals surface area contributed by atoms with Gasteiger partial charge < -0.3 is 50.7 Å². The van der Waals surface area contributed by atoms with Gasteiger partial charge in [-0.2, -0.15) is 9.97 Å². The molecule has 3 aliphatic rings. The summed E-state index contributed by atoms with van der Waals surface area (Å²) < 4.78 is 51.3. The number of hydrogen-bond acceptors (Lipinski definition) is 18. The lowest BCUT2D eigenvalue weighted by Crippen LogP contribution is -2.41. The van der Waals surface area contributed by atoms with E-state index in [2.05, 4.69) is 77.4 Å². The van der Waals surface area contributed by atoms with Crippen LogP contribution >= 0.6 is 15.9 Å². The number of hydrogen-bond donors (Lipinski definition) is 4. The lowest BCUT2D eigenvalue weighted by atomic mass is 9.80. The van der Waals surface area contributed by atoms with Crippen molar-refractivity contribution in [2.24, 2.45) is 0 Å². The van der Waals surface area contributed by atoms with Gasteiger partial charge in [-0.15, -0.1) is 0 Å². The van der Waals surface area contributed by atoms with Gasteiger partial charge in [0.25, 0.3) is 0 Å².